The van der Waals surface area contributed by atoms with Crippen LogP contribution in [0.2, 0.25) is 0 Å². The maximum atomic E-state index is 13.5. The molecule has 0 heterocycles. The van der Waals surface area contributed by atoms with Crippen molar-refractivity contribution in [2.45, 2.75) is 11.1 Å². The van der Waals surface area contributed by atoms with Gasteiger partial charge in [0.05, 0.1) is 11.4 Å². The topological polar surface area (TPSA) is 38.3 Å². The number of carbonyl (C=O) groups excluding carboxylic acids is 1. The van der Waals surface area contributed by atoms with Crippen molar-refractivity contribution in [3.05, 3.63) is 54.1 Å². The second kappa shape index (κ2) is 8.19. The number of alkyl halides is 3. The molecule has 0 radical (unpaired) electrons. The van der Waals surface area contributed by atoms with E-state index in [0.29, 0.717) is 0 Å². The second-order valence-corrected chi connectivity index (χ2v) is 5.83. The number of amides is 1. The first kappa shape index (κ1) is 19.0. The van der Waals surface area contributed by atoms with Crippen molar-refractivity contribution in [3.63, 3.8) is 0 Å². The third-order valence-electron chi connectivity index (χ3n) is 2.80. The number of thioether (sulfide) groups is 1. The third-order valence-corrected chi connectivity index (χ3v) is 3.85. The van der Waals surface area contributed by atoms with E-state index in [4.69, 9.17) is 0 Å². The van der Waals surface area contributed by atoms with Crippen LogP contribution in [0.5, 0.6) is 5.75 Å². The molecule has 0 fully saturated rings. The Morgan fingerprint density at radius 2 is 1.84 bits per heavy atom. The van der Waals surface area contributed by atoms with Crippen molar-refractivity contribution in [2.75, 3.05) is 17.7 Å². The molecule has 0 atom stereocenters. The van der Waals surface area contributed by atoms with Crippen LogP contribution in [0.1, 0.15) is 0 Å². The Labute approximate surface area is 144 Å². The third kappa shape index (κ3) is 6.26. The minimum atomic E-state index is -4.60. The lowest BCUT2D eigenvalue weighted by atomic mass is 10.3. The molecule has 0 aromatic heterocycles. The standard InChI is InChI=1S/C16H12F5NO2S/c17-10-5-6-12(13(7-10)24-9-16(19,20)21)22-15(23)8-25-14-4-2-1-3-11(14)18/h1-7H,8-9H2,(H,22,23). The van der Waals surface area contributed by atoms with Crippen LogP contribution < -0.4 is 10.1 Å². The van der Waals surface area contributed by atoms with Gasteiger partial charge in [-0.25, -0.2) is 8.78 Å². The Kier molecular flexibility index (Phi) is 6.24. The van der Waals surface area contributed by atoms with Crippen LogP contribution in [0.3, 0.4) is 0 Å². The normalized spacial score (nSPS) is 11.2. The largest absolute Gasteiger partial charge is 0.482 e. The number of benzene rings is 2. The molecule has 134 valence electrons. The van der Waals surface area contributed by atoms with Gasteiger partial charge in [-0.05, 0) is 24.3 Å². The lowest BCUT2D eigenvalue weighted by Gasteiger charge is -2.14. The van der Waals surface area contributed by atoms with E-state index in [1.54, 1.807) is 6.07 Å². The summed E-state index contributed by atoms with van der Waals surface area (Å²) in [7, 11) is 0. The molecule has 0 bridgehead atoms. The first-order valence-corrected chi connectivity index (χ1v) is 7.89. The summed E-state index contributed by atoms with van der Waals surface area (Å²) in [4.78, 5) is 12.2. The van der Waals surface area contributed by atoms with E-state index in [1.165, 1.54) is 18.2 Å². The minimum Gasteiger partial charge on any atom is -0.482 e. The molecule has 1 N–H and O–H groups in total. The van der Waals surface area contributed by atoms with Gasteiger partial charge in [0, 0.05) is 11.0 Å². The Bertz CT molecular complexity index is 752. The molecule has 2 rings (SSSR count). The van der Waals surface area contributed by atoms with Gasteiger partial charge < -0.3 is 10.1 Å². The number of carbonyl (C=O) groups is 1. The molecule has 0 aliphatic rings. The summed E-state index contributed by atoms with van der Waals surface area (Å²) in [6.45, 7) is -1.62. The van der Waals surface area contributed by atoms with Gasteiger partial charge in [0.2, 0.25) is 5.91 Å². The van der Waals surface area contributed by atoms with Gasteiger partial charge in [0.15, 0.2) is 6.61 Å². The van der Waals surface area contributed by atoms with Crippen LogP contribution in [0, 0.1) is 11.6 Å². The molecular formula is C16H12F5NO2S. The highest BCUT2D eigenvalue weighted by Crippen LogP contribution is 2.28. The monoisotopic (exact) mass is 377 g/mol. The molecule has 2 aromatic carbocycles. The molecule has 3 nitrogen and oxygen atoms in total. The predicted octanol–water partition coefficient (Wildman–Crippen LogP) is 4.64. The Hall–Kier alpha value is -2.29. The molecule has 0 spiro atoms. The number of rotatable bonds is 6. The molecule has 0 aliphatic carbocycles. The van der Waals surface area contributed by atoms with E-state index in [9.17, 15) is 26.7 Å². The number of halogens is 5. The first-order valence-electron chi connectivity index (χ1n) is 6.91. The van der Waals surface area contributed by atoms with Crippen molar-refractivity contribution >= 4 is 23.4 Å². The van der Waals surface area contributed by atoms with E-state index < -0.39 is 36.1 Å². The van der Waals surface area contributed by atoms with Gasteiger partial charge in [-0.3, -0.25) is 4.79 Å². The number of ether oxygens (including phenoxy) is 1. The van der Waals surface area contributed by atoms with Crippen LogP contribution in [-0.4, -0.2) is 24.4 Å². The van der Waals surface area contributed by atoms with E-state index in [1.807, 2.05) is 0 Å². The summed E-state index contributed by atoms with van der Waals surface area (Å²) >= 11 is 0.919. The van der Waals surface area contributed by atoms with Gasteiger partial charge in [-0.2, -0.15) is 13.2 Å². The SMILES string of the molecule is O=C(CSc1ccccc1F)Nc1ccc(F)cc1OCC(F)(F)F. The van der Waals surface area contributed by atoms with Gasteiger partial charge in [0.25, 0.3) is 0 Å². The highest BCUT2D eigenvalue weighted by Gasteiger charge is 2.29. The van der Waals surface area contributed by atoms with Crippen molar-refractivity contribution in [1.82, 2.24) is 0 Å². The fourth-order valence-corrected chi connectivity index (χ4v) is 2.51. The van der Waals surface area contributed by atoms with Crippen molar-refractivity contribution in [1.29, 1.82) is 0 Å². The smallest absolute Gasteiger partial charge is 0.422 e. The lowest BCUT2D eigenvalue weighted by molar-refractivity contribution is -0.153. The quantitative estimate of drug-likeness (QED) is 0.589. The fraction of sp³-hybridized carbons (Fsp3) is 0.188. The molecular weight excluding hydrogens is 365 g/mol. The van der Waals surface area contributed by atoms with Crippen LogP contribution in [0.25, 0.3) is 0 Å². The van der Waals surface area contributed by atoms with Crippen molar-refractivity contribution < 1.29 is 31.5 Å². The van der Waals surface area contributed by atoms with Crippen molar-refractivity contribution in [3.8, 4) is 5.75 Å². The average Bonchev–Trinajstić information content (AvgIpc) is 2.53. The summed E-state index contributed by atoms with van der Waals surface area (Å²) in [5.41, 5.74) is -0.107. The summed E-state index contributed by atoms with van der Waals surface area (Å²) in [5, 5.41) is 2.32. The molecule has 2 aromatic rings. The average molecular weight is 377 g/mol. The molecule has 0 saturated carbocycles. The summed E-state index contributed by atoms with van der Waals surface area (Å²) in [6, 6.07) is 8.64. The maximum absolute atomic E-state index is 13.5. The number of anilines is 1. The van der Waals surface area contributed by atoms with Gasteiger partial charge >= 0.3 is 6.18 Å². The van der Waals surface area contributed by atoms with Gasteiger partial charge in [-0.15, -0.1) is 11.8 Å². The zero-order valence-electron chi connectivity index (χ0n) is 12.6. The Balaban J connectivity index is 2.01. The van der Waals surface area contributed by atoms with Crippen LogP contribution in [0.4, 0.5) is 27.6 Å². The highest BCUT2D eigenvalue weighted by atomic mass is 32.2. The molecule has 0 unspecified atom stereocenters. The summed E-state index contributed by atoms with van der Waals surface area (Å²) in [5.74, 6) is -2.53. The van der Waals surface area contributed by atoms with E-state index in [0.717, 1.165) is 30.0 Å². The van der Waals surface area contributed by atoms with Crippen LogP contribution >= 0.6 is 11.8 Å². The lowest BCUT2D eigenvalue weighted by Crippen LogP contribution is -2.21. The van der Waals surface area contributed by atoms with E-state index in [2.05, 4.69) is 10.1 Å². The second-order valence-electron chi connectivity index (χ2n) is 4.81. The number of hydrogen-bond acceptors (Lipinski definition) is 3. The van der Waals surface area contributed by atoms with Gasteiger partial charge in [-0.1, -0.05) is 12.1 Å². The molecule has 9 heteroatoms. The highest BCUT2D eigenvalue weighted by molar-refractivity contribution is 8.00. The summed E-state index contributed by atoms with van der Waals surface area (Å²) < 4.78 is 67.9. The fourth-order valence-electron chi connectivity index (χ4n) is 1.77. The first-order chi connectivity index (χ1) is 11.7. The predicted molar refractivity (Wildman–Crippen MR) is 83.7 cm³/mol. The Morgan fingerprint density at radius 3 is 2.52 bits per heavy atom. The minimum absolute atomic E-state index is 0.107. The zero-order valence-corrected chi connectivity index (χ0v) is 13.4. The van der Waals surface area contributed by atoms with E-state index >= 15 is 0 Å². The molecule has 1 amide bonds. The molecule has 25 heavy (non-hydrogen) atoms. The molecule has 0 saturated heterocycles. The maximum Gasteiger partial charge on any atom is 0.422 e. The zero-order chi connectivity index (χ0) is 18.4. The number of nitrogens with one attached hydrogen (secondary N) is 1. The van der Waals surface area contributed by atoms with Gasteiger partial charge in [0.1, 0.15) is 17.4 Å². The van der Waals surface area contributed by atoms with Crippen LogP contribution in [-0.2, 0) is 4.79 Å². The summed E-state index contributed by atoms with van der Waals surface area (Å²) in [6.07, 6.45) is -4.60. The van der Waals surface area contributed by atoms with E-state index in [-0.39, 0.29) is 16.3 Å². The number of hydrogen-bond donors (Lipinski definition) is 1. The van der Waals surface area contributed by atoms with Crippen LogP contribution in [0.15, 0.2) is 47.4 Å². The molecule has 0 aliphatic heterocycles. The Morgan fingerprint density at radius 1 is 1.12 bits per heavy atom. The van der Waals surface area contributed by atoms with Crippen molar-refractivity contribution in [2.24, 2.45) is 0 Å².